The van der Waals surface area contributed by atoms with Crippen molar-refractivity contribution < 1.29 is 14.3 Å². The Balaban J connectivity index is 2.12. The van der Waals surface area contributed by atoms with Crippen molar-refractivity contribution in [2.75, 3.05) is 12.9 Å². The van der Waals surface area contributed by atoms with Gasteiger partial charge in [0.2, 0.25) is 0 Å². The van der Waals surface area contributed by atoms with Crippen molar-refractivity contribution in [1.82, 2.24) is 14.8 Å². The van der Waals surface area contributed by atoms with Crippen LogP contribution in [0, 0.1) is 13.8 Å². The number of carbonyl (C=O) groups is 1. The normalized spacial score (nSPS) is 10.6. The maximum Gasteiger partial charge on any atom is 0.316 e. The van der Waals surface area contributed by atoms with Crippen LogP contribution in [0.3, 0.4) is 0 Å². The maximum absolute atomic E-state index is 11.3. The second-order valence-corrected chi connectivity index (χ2v) is 6.64. The topological polar surface area (TPSA) is 66.2 Å². The molecule has 2 rings (SSSR count). The number of esters is 1. The average molecular weight is 382 g/mol. The first-order valence-corrected chi connectivity index (χ1v) is 8.94. The van der Waals surface area contributed by atoms with Crippen LogP contribution in [-0.4, -0.2) is 33.6 Å². The molecule has 0 amide bonds. The van der Waals surface area contributed by atoms with Gasteiger partial charge in [-0.2, -0.15) is 0 Å². The van der Waals surface area contributed by atoms with Gasteiger partial charge in [0.25, 0.3) is 0 Å². The summed E-state index contributed by atoms with van der Waals surface area (Å²) in [5.41, 5.74) is 1.91. The Kier molecular flexibility index (Phi) is 6.90. The molecular weight excluding hydrogens is 362 g/mol. The molecule has 134 valence electrons. The van der Waals surface area contributed by atoms with Crippen LogP contribution >= 0.6 is 23.4 Å². The summed E-state index contributed by atoms with van der Waals surface area (Å²) in [6.45, 7) is 8.39. The standard InChI is InChI=1S/C17H20ClN3O3S/c1-5-6-21-14(19-20-17(21)25-10-15(22)23-4)9-24-13-7-11(2)16(18)12(3)8-13/h5,7-8H,1,6,9-10H2,2-4H3. The van der Waals surface area contributed by atoms with Crippen LogP contribution in [-0.2, 0) is 22.7 Å². The highest BCUT2D eigenvalue weighted by Gasteiger charge is 2.14. The summed E-state index contributed by atoms with van der Waals surface area (Å²) >= 11 is 7.44. The van der Waals surface area contributed by atoms with Gasteiger partial charge in [-0.1, -0.05) is 29.4 Å². The van der Waals surface area contributed by atoms with Gasteiger partial charge in [0, 0.05) is 11.6 Å². The van der Waals surface area contributed by atoms with E-state index in [0.29, 0.717) is 17.5 Å². The predicted molar refractivity (Wildman–Crippen MR) is 98.2 cm³/mol. The summed E-state index contributed by atoms with van der Waals surface area (Å²) in [6.07, 6.45) is 1.74. The van der Waals surface area contributed by atoms with Gasteiger partial charge in [-0.05, 0) is 37.1 Å². The molecule has 0 saturated carbocycles. The number of allylic oxidation sites excluding steroid dienone is 1. The number of methoxy groups -OCH3 is 1. The maximum atomic E-state index is 11.3. The third-order valence-electron chi connectivity index (χ3n) is 3.43. The van der Waals surface area contributed by atoms with Gasteiger partial charge in [-0.15, -0.1) is 16.8 Å². The van der Waals surface area contributed by atoms with E-state index in [1.165, 1.54) is 18.9 Å². The second kappa shape index (κ2) is 8.92. The van der Waals surface area contributed by atoms with Crippen molar-refractivity contribution >= 4 is 29.3 Å². The fraction of sp³-hybridized carbons (Fsp3) is 0.353. The Hall–Kier alpha value is -1.99. The number of rotatable bonds is 8. The smallest absolute Gasteiger partial charge is 0.316 e. The Morgan fingerprint density at radius 2 is 2.04 bits per heavy atom. The number of benzene rings is 1. The van der Waals surface area contributed by atoms with Crippen LogP contribution < -0.4 is 4.74 Å². The minimum atomic E-state index is -0.317. The largest absolute Gasteiger partial charge is 0.486 e. The molecule has 0 spiro atoms. The lowest BCUT2D eigenvalue weighted by Crippen LogP contribution is -2.09. The molecule has 1 aromatic carbocycles. The zero-order chi connectivity index (χ0) is 18.4. The molecule has 8 heteroatoms. The molecule has 25 heavy (non-hydrogen) atoms. The van der Waals surface area contributed by atoms with Crippen molar-refractivity contribution in [2.24, 2.45) is 0 Å². The third-order valence-corrected chi connectivity index (χ3v) is 4.97. The lowest BCUT2D eigenvalue weighted by Gasteiger charge is -2.11. The number of hydrogen-bond acceptors (Lipinski definition) is 6. The van der Waals surface area contributed by atoms with Crippen LogP contribution in [0.1, 0.15) is 17.0 Å². The summed E-state index contributed by atoms with van der Waals surface area (Å²) < 4.78 is 12.3. The number of carbonyl (C=O) groups excluding carboxylic acids is 1. The van der Waals surface area contributed by atoms with Crippen LogP contribution in [0.15, 0.2) is 29.9 Å². The van der Waals surface area contributed by atoms with Crippen molar-refractivity contribution in [2.45, 2.75) is 32.2 Å². The second-order valence-electron chi connectivity index (χ2n) is 5.32. The van der Waals surface area contributed by atoms with E-state index in [4.69, 9.17) is 16.3 Å². The molecule has 0 N–H and O–H groups in total. The number of ether oxygens (including phenoxy) is 2. The number of aromatic nitrogens is 3. The van der Waals surface area contributed by atoms with Gasteiger partial charge in [0.05, 0.1) is 12.9 Å². The average Bonchev–Trinajstić information content (AvgIpc) is 2.97. The highest BCUT2D eigenvalue weighted by atomic mass is 35.5. The van der Waals surface area contributed by atoms with E-state index in [1.54, 1.807) is 6.08 Å². The number of thioether (sulfide) groups is 1. The fourth-order valence-corrected chi connectivity index (χ4v) is 3.07. The molecular formula is C17H20ClN3O3S. The predicted octanol–water partition coefficient (Wildman–Crippen LogP) is 3.58. The van der Waals surface area contributed by atoms with Crippen molar-refractivity contribution in [3.05, 3.63) is 46.8 Å². The van der Waals surface area contributed by atoms with E-state index in [0.717, 1.165) is 21.9 Å². The number of hydrogen-bond donors (Lipinski definition) is 0. The molecule has 2 aromatic rings. The fourth-order valence-electron chi connectivity index (χ4n) is 2.16. The Bertz CT molecular complexity index is 753. The van der Waals surface area contributed by atoms with Gasteiger partial charge >= 0.3 is 5.97 Å². The molecule has 0 fully saturated rings. The summed E-state index contributed by atoms with van der Waals surface area (Å²) in [6, 6.07) is 3.77. The zero-order valence-corrected chi connectivity index (χ0v) is 16.0. The first-order valence-electron chi connectivity index (χ1n) is 7.58. The molecule has 0 aliphatic carbocycles. The highest BCUT2D eigenvalue weighted by molar-refractivity contribution is 7.99. The van der Waals surface area contributed by atoms with Gasteiger partial charge in [-0.25, -0.2) is 0 Å². The molecule has 0 atom stereocenters. The van der Waals surface area contributed by atoms with Crippen LogP contribution in [0.25, 0.3) is 0 Å². The van der Waals surface area contributed by atoms with Crippen LogP contribution in [0.4, 0.5) is 0 Å². The lowest BCUT2D eigenvalue weighted by atomic mass is 10.1. The summed E-state index contributed by atoms with van der Waals surface area (Å²) in [5.74, 6) is 1.22. The zero-order valence-electron chi connectivity index (χ0n) is 14.4. The van der Waals surface area contributed by atoms with Crippen molar-refractivity contribution in [3.8, 4) is 5.75 Å². The third kappa shape index (κ3) is 4.99. The van der Waals surface area contributed by atoms with Gasteiger partial charge in [0.15, 0.2) is 11.0 Å². The van der Waals surface area contributed by atoms with Crippen LogP contribution in [0.5, 0.6) is 5.75 Å². The van der Waals surface area contributed by atoms with Gasteiger partial charge < -0.3 is 9.47 Å². The lowest BCUT2D eigenvalue weighted by molar-refractivity contribution is -0.137. The molecule has 0 unspecified atom stereocenters. The summed E-state index contributed by atoms with van der Waals surface area (Å²) in [5, 5.41) is 9.64. The van der Waals surface area contributed by atoms with E-state index < -0.39 is 0 Å². The Morgan fingerprint density at radius 1 is 1.36 bits per heavy atom. The molecule has 0 saturated heterocycles. The van der Waals surface area contributed by atoms with Crippen LogP contribution in [0.2, 0.25) is 5.02 Å². The minimum Gasteiger partial charge on any atom is -0.486 e. The van der Waals surface area contributed by atoms with Crippen molar-refractivity contribution in [1.29, 1.82) is 0 Å². The minimum absolute atomic E-state index is 0.169. The monoisotopic (exact) mass is 381 g/mol. The summed E-state index contributed by atoms with van der Waals surface area (Å²) in [7, 11) is 1.35. The first-order chi connectivity index (χ1) is 12.0. The first kappa shape index (κ1) is 19.3. The molecule has 0 aliphatic rings. The van der Waals surface area contributed by atoms with E-state index in [9.17, 15) is 4.79 Å². The van der Waals surface area contributed by atoms with Crippen molar-refractivity contribution in [3.63, 3.8) is 0 Å². The van der Waals surface area contributed by atoms with Gasteiger partial charge in [-0.3, -0.25) is 9.36 Å². The van der Waals surface area contributed by atoms with Gasteiger partial charge in [0.1, 0.15) is 12.4 Å². The Labute approximate surface area is 156 Å². The Morgan fingerprint density at radius 3 is 2.64 bits per heavy atom. The number of halogens is 1. The SMILES string of the molecule is C=CCn1c(COc2cc(C)c(Cl)c(C)c2)nnc1SCC(=O)OC. The van der Waals surface area contributed by atoms with E-state index in [1.807, 2.05) is 30.5 Å². The molecule has 1 heterocycles. The molecule has 1 aromatic heterocycles. The number of aryl methyl sites for hydroxylation is 2. The quantitative estimate of drug-likeness (QED) is 0.395. The summed E-state index contributed by atoms with van der Waals surface area (Å²) in [4.78, 5) is 11.3. The van der Waals surface area contributed by atoms with E-state index in [-0.39, 0.29) is 18.3 Å². The van der Waals surface area contributed by atoms with E-state index >= 15 is 0 Å². The van der Waals surface area contributed by atoms with E-state index in [2.05, 4.69) is 21.5 Å². The molecule has 6 nitrogen and oxygen atoms in total. The number of nitrogens with zero attached hydrogens (tertiary/aromatic N) is 3. The highest BCUT2D eigenvalue weighted by Crippen LogP contribution is 2.26. The molecule has 0 aliphatic heterocycles. The molecule has 0 bridgehead atoms. The molecule has 0 radical (unpaired) electrons.